The van der Waals surface area contributed by atoms with Crippen LogP contribution >= 0.6 is 11.3 Å². The van der Waals surface area contributed by atoms with Crippen LogP contribution in [0.15, 0.2) is 174 Å². The van der Waals surface area contributed by atoms with Gasteiger partial charge in [-0.05, 0) is 34.4 Å². The lowest BCUT2D eigenvalue weighted by Crippen LogP contribution is -2.00. The molecule has 3 aromatic heterocycles. The highest BCUT2D eigenvalue weighted by atomic mass is 32.1. The van der Waals surface area contributed by atoms with Crippen molar-refractivity contribution in [3.05, 3.63) is 170 Å². The van der Waals surface area contributed by atoms with Crippen LogP contribution in [0.25, 0.3) is 99.1 Å². The van der Waals surface area contributed by atoms with Gasteiger partial charge in [0.15, 0.2) is 17.5 Å². The Kier molecular flexibility index (Phi) is 7.25. The highest BCUT2D eigenvalue weighted by Gasteiger charge is 2.19. The Labute approximate surface area is 303 Å². The zero-order valence-corrected chi connectivity index (χ0v) is 28.6. The summed E-state index contributed by atoms with van der Waals surface area (Å²) in [5.41, 5.74) is 11.0. The van der Waals surface area contributed by atoms with E-state index in [1.54, 1.807) is 11.3 Å². The molecule has 0 bridgehead atoms. The van der Waals surface area contributed by atoms with E-state index in [1.807, 2.05) is 72.8 Å². The topological polar surface area (TPSA) is 64.7 Å². The highest BCUT2D eigenvalue weighted by Crippen LogP contribution is 2.40. The molecule has 0 spiro atoms. The predicted molar refractivity (Wildman–Crippen MR) is 213 cm³/mol. The van der Waals surface area contributed by atoms with E-state index in [0.717, 1.165) is 70.5 Å². The van der Waals surface area contributed by atoms with Gasteiger partial charge in [-0.1, -0.05) is 152 Å². The molecule has 0 N–H and O–H groups in total. The van der Waals surface area contributed by atoms with Crippen molar-refractivity contribution in [3.63, 3.8) is 0 Å². The maximum atomic E-state index is 6.45. The molecule has 0 atom stereocenters. The minimum Gasteiger partial charge on any atom is -0.456 e. The van der Waals surface area contributed by atoms with Gasteiger partial charge in [-0.15, -0.1) is 11.3 Å². The lowest BCUT2D eigenvalue weighted by atomic mass is 9.99. The first-order valence-electron chi connectivity index (χ1n) is 17.1. The molecule has 0 aliphatic heterocycles. The third kappa shape index (κ3) is 5.43. The van der Waals surface area contributed by atoms with E-state index in [0.29, 0.717) is 17.5 Å². The van der Waals surface area contributed by atoms with Gasteiger partial charge in [0.1, 0.15) is 16.2 Å². The molecule has 52 heavy (non-hydrogen) atoms. The van der Waals surface area contributed by atoms with Crippen LogP contribution < -0.4 is 0 Å². The van der Waals surface area contributed by atoms with E-state index in [2.05, 4.69) is 97.1 Å². The zero-order valence-electron chi connectivity index (χ0n) is 27.8. The number of benzene rings is 7. The quantitative estimate of drug-likeness (QED) is 0.174. The molecule has 0 aliphatic rings. The summed E-state index contributed by atoms with van der Waals surface area (Å²) in [5.74, 6) is 1.81. The van der Waals surface area contributed by atoms with E-state index in [-0.39, 0.29) is 0 Å². The van der Waals surface area contributed by atoms with Crippen LogP contribution in [0.1, 0.15) is 0 Å². The number of nitrogens with zero attached hydrogens (tertiary/aromatic N) is 4. The number of rotatable bonds is 6. The molecule has 6 heteroatoms. The van der Waals surface area contributed by atoms with Crippen LogP contribution in [0, 0.1) is 0 Å². The summed E-state index contributed by atoms with van der Waals surface area (Å²) >= 11 is 1.68. The summed E-state index contributed by atoms with van der Waals surface area (Å²) < 4.78 is 7.55. The minimum atomic E-state index is 0.590. The molecular formula is C46H28N4OS. The first-order valence-corrected chi connectivity index (χ1v) is 17.9. The Morgan fingerprint density at radius 2 is 0.885 bits per heavy atom. The first kappa shape index (κ1) is 30.1. The minimum absolute atomic E-state index is 0.590. The lowest BCUT2D eigenvalue weighted by molar-refractivity contribution is 0.669. The number of thiazole rings is 1. The molecule has 0 radical (unpaired) electrons. The molecule has 0 saturated heterocycles. The van der Waals surface area contributed by atoms with Gasteiger partial charge in [-0.3, -0.25) is 0 Å². The smallest absolute Gasteiger partial charge is 0.164 e. The number of furan rings is 1. The summed E-state index contributed by atoms with van der Waals surface area (Å²) in [6.07, 6.45) is 0. The molecule has 5 nitrogen and oxygen atoms in total. The Morgan fingerprint density at radius 3 is 1.50 bits per heavy atom. The zero-order chi connectivity index (χ0) is 34.4. The van der Waals surface area contributed by atoms with Crippen molar-refractivity contribution in [2.24, 2.45) is 0 Å². The fourth-order valence-corrected chi connectivity index (χ4v) is 7.77. The van der Waals surface area contributed by atoms with E-state index in [9.17, 15) is 0 Å². The normalized spacial score (nSPS) is 11.5. The fraction of sp³-hybridized carbons (Fsp3) is 0. The maximum Gasteiger partial charge on any atom is 0.164 e. The fourth-order valence-electron chi connectivity index (χ4n) is 6.78. The SMILES string of the molecule is c1ccc(-c2ccc(-c3ccc(-c4nc(-c5ccccc5)nc(-c5cccc6oc7cc8nc(-c9ccccc9)sc8cc7c56)n4)cc3)cc2)cc1. The van der Waals surface area contributed by atoms with Crippen LogP contribution in [0.3, 0.4) is 0 Å². The van der Waals surface area contributed by atoms with Gasteiger partial charge in [0.2, 0.25) is 0 Å². The van der Waals surface area contributed by atoms with Crippen molar-refractivity contribution in [3.8, 4) is 67.0 Å². The van der Waals surface area contributed by atoms with Crippen molar-refractivity contribution < 1.29 is 4.42 Å². The molecule has 0 saturated carbocycles. The summed E-state index contributed by atoms with van der Waals surface area (Å²) in [5, 5.41) is 2.96. The first-order chi connectivity index (χ1) is 25.7. The Morgan fingerprint density at radius 1 is 0.385 bits per heavy atom. The maximum absolute atomic E-state index is 6.45. The van der Waals surface area contributed by atoms with Gasteiger partial charge in [0.25, 0.3) is 0 Å². The molecule has 244 valence electrons. The molecular weight excluding hydrogens is 657 g/mol. The number of aromatic nitrogens is 4. The van der Waals surface area contributed by atoms with Crippen molar-refractivity contribution in [2.75, 3.05) is 0 Å². The third-order valence-corrected chi connectivity index (χ3v) is 10.5. The van der Waals surface area contributed by atoms with Crippen LogP contribution in [0.5, 0.6) is 0 Å². The molecule has 7 aromatic carbocycles. The molecule has 0 unspecified atom stereocenters. The van der Waals surface area contributed by atoms with E-state index >= 15 is 0 Å². The standard InChI is InChI=1S/C46H28N4OS/c1-4-11-29(12-5-1)30-19-21-31(22-20-30)32-23-25-34(26-24-32)44-48-43(33-13-6-2-7-14-33)49-45(50-44)36-17-10-18-39-42(36)37-27-41-38(28-40(37)51-39)47-46(52-41)35-15-8-3-9-16-35/h1-28H. The van der Waals surface area contributed by atoms with Crippen molar-refractivity contribution in [2.45, 2.75) is 0 Å². The number of hydrogen-bond acceptors (Lipinski definition) is 6. The summed E-state index contributed by atoms with van der Waals surface area (Å²) in [6.45, 7) is 0. The average Bonchev–Trinajstić information content (AvgIpc) is 3.81. The Bertz CT molecular complexity index is 2870. The Balaban J connectivity index is 1.07. The molecule has 10 aromatic rings. The number of fused-ring (bicyclic) bond motifs is 4. The molecule has 0 amide bonds. The second-order valence-electron chi connectivity index (χ2n) is 12.7. The van der Waals surface area contributed by atoms with Gasteiger partial charge in [0, 0.05) is 39.1 Å². The number of hydrogen-bond donors (Lipinski definition) is 0. The second kappa shape index (κ2) is 12.5. The Hall–Kier alpha value is -6.76. The van der Waals surface area contributed by atoms with Gasteiger partial charge in [0.05, 0.1) is 10.2 Å². The van der Waals surface area contributed by atoms with Crippen molar-refractivity contribution >= 4 is 43.5 Å². The summed E-state index contributed by atoms with van der Waals surface area (Å²) in [7, 11) is 0. The molecule has 0 aliphatic carbocycles. The average molecular weight is 685 g/mol. The van der Waals surface area contributed by atoms with Gasteiger partial charge < -0.3 is 4.42 Å². The lowest BCUT2D eigenvalue weighted by Gasteiger charge is -2.10. The van der Waals surface area contributed by atoms with Gasteiger partial charge in [-0.2, -0.15) is 0 Å². The molecule has 0 fully saturated rings. The van der Waals surface area contributed by atoms with Crippen molar-refractivity contribution in [1.29, 1.82) is 0 Å². The van der Waals surface area contributed by atoms with E-state index in [4.69, 9.17) is 24.4 Å². The third-order valence-electron chi connectivity index (χ3n) is 9.40. The van der Waals surface area contributed by atoms with Crippen molar-refractivity contribution in [1.82, 2.24) is 19.9 Å². The van der Waals surface area contributed by atoms with Gasteiger partial charge >= 0.3 is 0 Å². The molecule has 10 rings (SSSR count). The molecule has 3 heterocycles. The summed E-state index contributed by atoms with van der Waals surface area (Å²) in [4.78, 5) is 20.1. The van der Waals surface area contributed by atoms with E-state index in [1.165, 1.54) is 11.1 Å². The van der Waals surface area contributed by atoms with Crippen LogP contribution in [-0.2, 0) is 0 Å². The van der Waals surface area contributed by atoms with E-state index < -0.39 is 0 Å². The van der Waals surface area contributed by atoms with Crippen LogP contribution in [0.4, 0.5) is 0 Å². The summed E-state index contributed by atoms with van der Waals surface area (Å²) in [6, 6.07) is 58.2. The van der Waals surface area contributed by atoms with Gasteiger partial charge in [-0.25, -0.2) is 19.9 Å². The second-order valence-corrected chi connectivity index (χ2v) is 13.7. The highest BCUT2D eigenvalue weighted by molar-refractivity contribution is 7.21. The largest absolute Gasteiger partial charge is 0.456 e. The monoisotopic (exact) mass is 684 g/mol. The predicted octanol–water partition coefficient (Wildman–Crippen LogP) is 12.4. The van der Waals surface area contributed by atoms with Crippen LogP contribution in [-0.4, -0.2) is 19.9 Å². The van der Waals surface area contributed by atoms with Crippen LogP contribution in [0.2, 0.25) is 0 Å².